The van der Waals surface area contributed by atoms with Crippen LogP contribution in [0.1, 0.15) is 13.8 Å². The first-order chi connectivity index (χ1) is 10.3. The highest BCUT2D eigenvalue weighted by atomic mass is 35.5. The lowest BCUT2D eigenvalue weighted by atomic mass is 10.3. The van der Waals surface area contributed by atoms with Gasteiger partial charge in [0.25, 0.3) is 5.91 Å². The minimum absolute atomic E-state index is 0.0960. The molecule has 0 aliphatic heterocycles. The van der Waals surface area contributed by atoms with E-state index in [0.717, 1.165) is 0 Å². The van der Waals surface area contributed by atoms with Gasteiger partial charge in [-0.05, 0) is 32.0 Å². The number of nitrogens with one attached hydrogen (secondary N) is 1. The number of allylic oxidation sites excluding steroid dienone is 1. The Morgan fingerprint density at radius 1 is 1.27 bits per heavy atom. The second kappa shape index (κ2) is 8.35. The molecule has 0 radical (unpaired) electrons. The molecule has 0 aliphatic rings. The third-order valence-electron chi connectivity index (χ3n) is 2.16. The smallest absolute Gasteiger partial charge is 0.414 e. The van der Waals surface area contributed by atoms with Gasteiger partial charge in [0, 0.05) is 10.0 Å². The van der Waals surface area contributed by atoms with Crippen LogP contribution in [0.2, 0.25) is 10.0 Å². The Hall–Kier alpha value is -2.12. The highest BCUT2D eigenvalue weighted by molar-refractivity contribution is 6.35. The number of hydrogen-bond donors (Lipinski definition) is 2. The summed E-state index contributed by atoms with van der Waals surface area (Å²) in [6.07, 6.45) is -0.952. The van der Waals surface area contributed by atoms with Crippen molar-refractivity contribution in [3.8, 4) is 0 Å². The zero-order valence-electron chi connectivity index (χ0n) is 11.8. The summed E-state index contributed by atoms with van der Waals surface area (Å²) < 4.78 is 4.55. The van der Waals surface area contributed by atoms with Crippen LogP contribution in [0.15, 0.2) is 39.9 Å². The molecular formula is C13H13Cl2N3O4. The molecule has 0 aliphatic carbocycles. The van der Waals surface area contributed by atoms with E-state index in [4.69, 9.17) is 23.2 Å². The molecule has 7 nitrogen and oxygen atoms in total. The van der Waals surface area contributed by atoms with E-state index in [2.05, 4.69) is 15.0 Å². The predicted molar refractivity (Wildman–Crippen MR) is 81.5 cm³/mol. The van der Waals surface area contributed by atoms with Crippen LogP contribution in [0.4, 0.5) is 10.5 Å². The summed E-state index contributed by atoms with van der Waals surface area (Å²) in [6, 6.07) is 4.43. The van der Waals surface area contributed by atoms with Gasteiger partial charge in [-0.1, -0.05) is 23.2 Å². The molecule has 0 saturated heterocycles. The fourth-order valence-corrected chi connectivity index (χ4v) is 1.82. The summed E-state index contributed by atoms with van der Waals surface area (Å²) in [5.41, 5.74) is -0.163. The number of imide groups is 1. The van der Waals surface area contributed by atoms with E-state index in [1.54, 1.807) is 6.92 Å². The Morgan fingerprint density at radius 2 is 1.86 bits per heavy atom. The summed E-state index contributed by atoms with van der Waals surface area (Å²) >= 11 is 11.6. The van der Waals surface area contributed by atoms with Gasteiger partial charge in [0.05, 0.1) is 12.3 Å². The van der Waals surface area contributed by atoms with Crippen LogP contribution in [0.25, 0.3) is 0 Å². The third-order valence-corrected chi connectivity index (χ3v) is 2.60. The van der Waals surface area contributed by atoms with Gasteiger partial charge >= 0.3 is 6.09 Å². The SMILES string of the molecule is CCOC(=O)NC(=O)C(N=Nc1cc(Cl)cc(Cl)c1)=C(C)O. The molecule has 1 aromatic rings. The van der Waals surface area contributed by atoms with Crippen molar-refractivity contribution in [3.05, 3.63) is 39.7 Å². The van der Waals surface area contributed by atoms with Crippen molar-refractivity contribution in [1.82, 2.24) is 5.32 Å². The topological polar surface area (TPSA) is 100 Å². The number of azo groups is 1. The molecule has 0 heterocycles. The van der Waals surface area contributed by atoms with E-state index in [0.29, 0.717) is 10.0 Å². The standard InChI is InChI=1S/C13H13Cl2N3O4/c1-3-22-13(21)16-12(20)11(7(2)19)18-17-10-5-8(14)4-9(15)6-10/h4-6,19H,3H2,1-2H3,(H,16,20,21). The summed E-state index contributed by atoms with van der Waals surface area (Å²) in [6.45, 7) is 2.91. The first-order valence-corrected chi connectivity index (χ1v) is 6.84. The maximum atomic E-state index is 11.8. The lowest BCUT2D eigenvalue weighted by Gasteiger charge is -2.04. The van der Waals surface area contributed by atoms with Crippen molar-refractivity contribution in [1.29, 1.82) is 0 Å². The van der Waals surface area contributed by atoms with Crippen LogP contribution in [-0.4, -0.2) is 23.7 Å². The van der Waals surface area contributed by atoms with Crippen molar-refractivity contribution in [2.24, 2.45) is 10.2 Å². The molecule has 0 spiro atoms. The summed E-state index contributed by atoms with van der Waals surface area (Å²) in [5.74, 6) is -1.37. The van der Waals surface area contributed by atoms with E-state index in [9.17, 15) is 14.7 Å². The average Bonchev–Trinajstić information content (AvgIpc) is 2.37. The van der Waals surface area contributed by atoms with Gasteiger partial charge in [-0.15, -0.1) is 5.11 Å². The highest BCUT2D eigenvalue weighted by Gasteiger charge is 2.16. The summed E-state index contributed by atoms with van der Waals surface area (Å²) in [4.78, 5) is 23.0. The molecule has 0 saturated carbocycles. The zero-order valence-corrected chi connectivity index (χ0v) is 13.3. The first kappa shape index (κ1) is 17.9. The normalized spacial score (nSPS) is 12.0. The molecule has 0 fully saturated rings. The molecule has 22 heavy (non-hydrogen) atoms. The van der Waals surface area contributed by atoms with Gasteiger partial charge in [-0.3, -0.25) is 10.1 Å². The van der Waals surface area contributed by atoms with E-state index >= 15 is 0 Å². The molecule has 0 aromatic heterocycles. The minimum Gasteiger partial charge on any atom is -0.510 e. The lowest BCUT2D eigenvalue weighted by molar-refractivity contribution is -0.117. The monoisotopic (exact) mass is 345 g/mol. The van der Waals surface area contributed by atoms with Gasteiger partial charge in [0.1, 0.15) is 5.76 Å². The van der Waals surface area contributed by atoms with Gasteiger partial charge < -0.3 is 9.84 Å². The van der Waals surface area contributed by atoms with Gasteiger partial charge in [-0.2, -0.15) is 5.11 Å². The maximum Gasteiger partial charge on any atom is 0.414 e. The Labute approximate surface area is 136 Å². The van der Waals surface area contributed by atoms with Crippen LogP contribution < -0.4 is 5.32 Å². The number of carbonyl (C=O) groups is 2. The lowest BCUT2D eigenvalue weighted by Crippen LogP contribution is -2.32. The number of aliphatic hydroxyl groups excluding tert-OH is 1. The fraction of sp³-hybridized carbons (Fsp3) is 0.231. The Kier molecular flexibility index (Phi) is 6.81. The fourth-order valence-electron chi connectivity index (χ4n) is 1.31. The number of nitrogens with zero attached hydrogens (tertiary/aromatic N) is 2. The zero-order chi connectivity index (χ0) is 16.7. The van der Waals surface area contributed by atoms with Gasteiger partial charge in [0.15, 0.2) is 5.70 Å². The average molecular weight is 346 g/mol. The Morgan fingerprint density at radius 3 is 2.36 bits per heavy atom. The van der Waals surface area contributed by atoms with E-state index in [1.807, 2.05) is 5.32 Å². The number of ether oxygens (including phenoxy) is 1. The van der Waals surface area contributed by atoms with Crippen LogP contribution >= 0.6 is 23.2 Å². The largest absolute Gasteiger partial charge is 0.510 e. The molecule has 0 unspecified atom stereocenters. The Balaban J connectivity index is 2.93. The highest BCUT2D eigenvalue weighted by Crippen LogP contribution is 2.25. The van der Waals surface area contributed by atoms with Crippen LogP contribution in [0, 0.1) is 0 Å². The summed E-state index contributed by atoms with van der Waals surface area (Å²) in [5, 5.41) is 19.4. The van der Waals surface area contributed by atoms with E-state index < -0.39 is 23.5 Å². The number of amides is 2. The van der Waals surface area contributed by atoms with Crippen molar-refractivity contribution in [2.75, 3.05) is 6.61 Å². The number of alkyl carbamates (subject to hydrolysis) is 1. The molecule has 0 atom stereocenters. The number of benzene rings is 1. The molecule has 2 N–H and O–H groups in total. The molecule has 9 heteroatoms. The number of rotatable bonds is 4. The first-order valence-electron chi connectivity index (χ1n) is 6.09. The summed E-state index contributed by atoms with van der Waals surface area (Å²) in [7, 11) is 0. The van der Waals surface area contributed by atoms with Gasteiger partial charge in [0.2, 0.25) is 0 Å². The minimum atomic E-state index is -0.952. The van der Waals surface area contributed by atoms with Crippen LogP contribution in [-0.2, 0) is 9.53 Å². The third kappa shape index (κ3) is 5.71. The molecular weight excluding hydrogens is 333 g/mol. The molecule has 1 aromatic carbocycles. The number of halogens is 2. The van der Waals surface area contributed by atoms with Crippen molar-refractivity contribution in [3.63, 3.8) is 0 Å². The maximum absolute atomic E-state index is 11.8. The Bertz CT molecular complexity index is 620. The molecule has 2 amide bonds. The van der Waals surface area contributed by atoms with Crippen LogP contribution in [0.5, 0.6) is 0 Å². The van der Waals surface area contributed by atoms with E-state index in [1.165, 1.54) is 25.1 Å². The number of carbonyl (C=O) groups excluding carboxylic acids is 2. The molecule has 1 rings (SSSR count). The second-order valence-corrected chi connectivity index (χ2v) is 4.81. The van der Waals surface area contributed by atoms with Crippen LogP contribution in [0.3, 0.4) is 0 Å². The second-order valence-electron chi connectivity index (χ2n) is 3.94. The van der Waals surface area contributed by atoms with Crippen molar-refractivity contribution in [2.45, 2.75) is 13.8 Å². The predicted octanol–water partition coefficient (Wildman–Crippen LogP) is 4.14. The number of aliphatic hydroxyl groups is 1. The number of hydrogen-bond acceptors (Lipinski definition) is 6. The molecule has 118 valence electrons. The quantitative estimate of drug-likeness (QED) is 0.486. The van der Waals surface area contributed by atoms with E-state index in [-0.39, 0.29) is 12.3 Å². The van der Waals surface area contributed by atoms with Crippen molar-refractivity contribution < 1.29 is 19.4 Å². The molecule has 0 bridgehead atoms. The van der Waals surface area contributed by atoms with Gasteiger partial charge in [-0.25, -0.2) is 4.79 Å². The van der Waals surface area contributed by atoms with Crippen molar-refractivity contribution >= 4 is 40.9 Å².